The Balaban J connectivity index is 3.54. The summed E-state index contributed by atoms with van der Waals surface area (Å²) < 4.78 is 0. The maximum atomic E-state index is 3.67. The number of rotatable bonds is 1. The van der Waals surface area contributed by atoms with Crippen LogP contribution in [-0.4, -0.2) is 4.98 Å². The Morgan fingerprint density at radius 1 is 1.55 bits per heavy atom. The maximum absolute atomic E-state index is 3.67. The molecule has 0 aliphatic heterocycles. The van der Waals surface area contributed by atoms with Gasteiger partial charge in [-0.15, -0.1) is 0 Å². The quantitative estimate of drug-likeness (QED) is 0.612. The summed E-state index contributed by atoms with van der Waals surface area (Å²) in [6.07, 6.45) is 7.89. The van der Waals surface area contributed by atoms with E-state index in [1.165, 1.54) is 16.1 Å². The molecule has 1 N–H and O–H groups in total. The van der Waals surface area contributed by atoms with Gasteiger partial charge in [0, 0.05) is 16.8 Å². The molecule has 0 radical (unpaired) electrons. The van der Waals surface area contributed by atoms with Crippen molar-refractivity contribution in [2.24, 2.45) is 0 Å². The average Bonchev–Trinajstić information content (AvgIpc) is 2.34. The first-order valence-corrected chi connectivity index (χ1v) is 3.72. The van der Waals surface area contributed by atoms with E-state index in [1.807, 2.05) is 25.3 Å². The van der Waals surface area contributed by atoms with Crippen molar-refractivity contribution >= 4 is 12.2 Å². The molecule has 1 aromatic heterocycles. The standard InChI is InChI=1S/C10H13N/c1-4-6-9-8(3)7-11-10(9)5-2/h4-7,11H,1H2,2-3H3/b9-6-,10-5+. The van der Waals surface area contributed by atoms with Crippen LogP contribution in [0.25, 0.3) is 12.2 Å². The lowest BCUT2D eigenvalue weighted by atomic mass is 10.2. The number of H-pyrrole nitrogens is 1. The molecule has 0 bridgehead atoms. The smallest absolute Gasteiger partial charge is 0.0413 e. The van der Waals surface area contributed by atoms with Crippen LogP contribution < -0.4 is 10.6 Å². The number of aromatic nitrogens is 1. The van der Waals surface area contributed by atoms with Crippen LogP contribution in [0.5, 0.6) is 0 Å². The zero-order valence-electron chi connectivity index (χ0n) is 7.02. The fraction of sp³-hybridized carbons (Fsp3) is 0.200. The number of nitrogens with one attached hydrogen (secondary N) is 1. The Hall–Kier alpha value is -1.24. The number of hydrogen-bond donors (Lipinski definition) is 1. The van der Waals surface area contributed by atoms with Crippen molar-refractivity contribution in [1.82, 2.24) is 4.98 Å². The van der Waals surface area contributed by atoms with Crippen molar-refractivity contribution in [3.05, 3.63) is 35.0 Å². The van der Waals surface area contributed by atoms with Gasteiger partial charge in [-0.3, -0.25) is 0 Å². The van der Waals surface area contributed by atoms with Crippen LogP contribution in [0.4, 0.5) is 0 Å². The lowest BCUT2D eigenvalue weighted by Gasteiger charge is -1.79. The molecule has 0 unspecified atom stereocenters. The van der Waals surface area contributed by atoms with Crippen LogP contribution in [0.2, 0.25) is 0 Å². The van der Waals surface area contributed by atoms with Crippen LogP contribution in [0, 0.1) is 6.92 Å². The lowest BCUT2D eigenvalue weighted by molar-refractivity contribution is 1.31. The molecule has 0 fully saturated rings. The SMILES string of the molecule is C=C/C=c1/c(C)c[nH]/c1=C/C. The fourth-order valence-corrected chi connectivity index (χ4v) is 1.13. The van der Waals surface area contributed by atoms with Crippen molar-refractivity contribution in [3.8, 4) is 0 Å². The van der Waals surface area contributed by atoms with Crippen molar-refractivity contribution in [1.29, 1.82) is 0 Å². The molecule has 0 aliphatic carbocycles. The third kappa shape index (κ3) is 1.43. The predicted molar refractivity (Wildman–Crippen MR) is 49.6 cm³/mol. The number of aryl methyl sites for hydroxylation is 1. The molecule has 0 aromatic carbocycles. The zero-order valence-corrected chi connectivity index (χ0v) is 7.02. The Morgan fingerprint density at radius 3 is 2.82 bits per heavy atom. The Bertz CT molecular complexity index is 355. The van der Waals surface area contributed by atoms with Crippen molar-refractivity contribution < 1.29 is 0 Å². The molecular formula is C10H13N. The van der Waals surface area contributed by atoms with E-state index >= 15 is 0 Å². The second-order valence-corrected chi connectivity index (χ2v) is 2.49. The monoisotopic (exact) mass is 147 g/mol. The van der Waals surface area contributed by atoms with Gasteiger partial charge in [0.25, 0.3) is 0 Å². The highest BCUT2D eigenvalue weighted by Crippen LogP contribution is 1.79. The summed E-state index contributed by atoms with van der Waals surface area (Å²) in [5.41, 5.74) is 1.26. The summed E-state index contributed by atoms with van der Waals surface area (Å²) in [6, 6.07) is 0. The van der Waals surface area contributed by atoms with Crippen LogP contribution in [0.3, 0.4) is 0 Å². The topological polar surface area (TPSA) is 15.8 Å². The molecule has 58 valence electrons. The first kappa shape index (κ1) is 7.86. The Labute approximate surface area is 66.8 Å². The molecule has 1 rings (SSSR count). The Morgan fingerprint density at radius 2 is 2.27 bits per heavy atom. The average molecular weight is 147 g/mol. The van der Waals surface area contributed by atoms with E-state index in [2.05, 4.69) is 24.6 Å². The molecule has 1 heteroatoms. The Kier molecular flexibility index (Phi) is 2.32. The van der Waals surface area contributed by atoms with Crippen LogP contribution in [0.15, 0.2) is 18.9 Å². The molecule has 0 amide bonds. The van der Waals surface area contributed by atoms with Gasteiger partial charge in [-0.1, -0.05) is 24.8 Å². The van der Waals surface area contributed by atoms with E-state index in [0.29, 0.717) is 0 Å². The highest BCUT2D eigenvalue weighted by molar-refractivity contribution is 5.39. The number of hydrogen-bond acceptors (Lipinski definition) is 0. The van der Waals surface area contributed by atoms with E-state index in [9.17, 15) is 0 Å². The summed E-state index contributed by atoms with van der Waals surface area (Å²) in [5.74, 6) is 0. The van der Waals surface area contributed by atoms with Crippen molar-refractivity contribution in [2.75, 3.05) is 0 Å². The van der Waals surface area contributed by atoms with Gasteiger partial charge in [0.05, 0.1) is 0 Å². The minimum atomic E-state index is 1.17. The van der Waals surface area contributed by atoms with Crippen molar-refractivity contribution in [2.45, 2.75) is 13.8 Å². The highest BCUT2D eigenvalue weighted by atomic mass is 14.6. The van der Waals surface area contributed by atoms with Gasteiger partial charge in [0.1, 0.15) is 0 Å². The van der Waals surface area contributed by atoms with Gasteiger partial charge in [-0.2, -0.15) is 0 Å². The zero-order chi connectivity index (χ0) is 8.27. The van der Waals surface area contributed by atoms with Crippen LogP contribution in [-0.2, 0) is 0 Å². The second kappa shape index (κ2) is 3.24. The first-order chi connectivity index (χ1) is 5.29. The van der Waals surface area contributed by atoms with Gasteiger partial charge < -0.3 is 4.98 Å². The third-order valence-electron chi connectivity index (χ3n) is 1.73. The van der Waals surface area contributed by atoms with E-state index in [-0.39, 0.29) is 0 Å². The van der Waals surface area contributed by atoms with Crippen LogP contribution in [0.1, 0.15) is 12.5 Å². The molecule has 1 nitrogen and oxygen atoms in total. The maximum Gasteiger partial charge on any atom is 0.0413 e. The fourth-order valence-electron chi connectivity index (χ4n) is 1.13. The molecule has 0 saturated heterocycles. The van der Waals surface area contributed by atoms with Gasteiger partial charge in [0.2, 0.25) is 0 Å². The minimum absolute atomic E-state index is 1.17. The first-order valence-electron chi connectivity index (χ1n) is 3.72. The summed E-state index contributed by atoms with van der Waals surface area (Å²) in [5, 5.41) is 2.41. The summed E-state index contributed by atoms with van der Waals surface area (Å²) in [7, 11) is 0. The molecule has 0 spiro atoms. The van der Waals surface area contributed by atoms with E-state index in [0.717, 1.165) is 0 Å². The molecular weight excluding hydrogens is 134 g/mol. The molecule has 0 aliphatic rings. The second-order valence-electron chi connectivity index (χ2n) is 2.49. The molecule has 0 atom stereocenters. The third-order valence-corrected chi connectivity index (χ3v) is 1.73. The minimum Gasteiger partial charge on any atom is -0.361 e. The van der Waals surface area contributed by atoms with Gasteiger partial charge >= 0.3 is 0 Å². The van der Waals surface area contributed by atoms with E-state index in [1.54, 1.807) is 0 Å². The van der Waals surface area contributed by atoms with Gasteiger partial charge in [-0.05, 0) is 19.4 Å². The molecule has 1 heterocycles. The summed E-state index contributed by atoms with van der Waals surface area (Å²) in [4.78, 5) is 3.17. The molecule has 11 heavy (non-hydrogen) atoms. The van der Waals surface area contributed by atoms with E-state index in [4.69, 9.17) is 0 Å². The lowest BCUT2D eigenvalue weighted by Crippen LogP contribution is -2.23. The van der Waals surface area contributed by atoms with Crippen LogP contribution >= 0.6 is 0 Å². The van der Waals surface area contributed by atoms with Crippen molar-refractivity contribution in [3.63, 3.8) is 0 Å². The summed E-state index contributed by atoms with van der Waals surface area (Å²) in [6.45, 7) is 7.77. The largest absolute Gasteiger partial charge is 0.361 e. The predicted octanol–water partition coefficient (Wildman–Crippen LogP) is 1.09. The van der Waals surface area contributed by atoms with Gasteiger partial charge in [-0.25, -0.2) is 0 Å². The number of aromatic amines is 1. The highest BCUT2D eigenvalue weighted by Gasteiger charge is 1.88. The number of allylic oxidation sites excluding steroid dienone is 1. The molecule has 0 saturated carbocycles. The van der Waals surface area contributed by atoms with E-state index < -0.39 is 0 Å². The van der Waals surface area contributed by atoms with Gasteiger partial charge in [0.15, 0.2) is 0 Å². The summed E-state index contributed by atoms with van der Waals surface area (Å²) >= 11 is 0. The normalized spacial score (nSPS) is 14.0. The molecule has 1 aromatic rings.